The number of rotatable bonds is 3. The number of aromatic amines is 1. The van der Waals surface area contributed by atoms with Crippen LogP contribution in [0.3, 0.4) is 0 Å². The molecule has 6 nitrogen and oxygen atoms in total. The first-order valence-corrected chi connectivity index (χ1v) is 5.68. The predicted molar refractivity (Wildman–Crippen MR) is 60.6 cm³/mol. The highest BCUT2D eigenvalue weighted by Crippen LogP contribution is 2.35. The molecule has 0 aromatic carbocycles. The van der Waals surface area contributed by atoms with Gasteiger partial charge in [-0.25, -0.2) is 0 Å². The Hall–Kier alpha value is -1.85. The van der Waals surface area contributed by atoms with E-state index in [9.17, 15) is 14.7 Å². The molecule has 0 atom stereocenters. The van der Waals surface area contributed by atoms with E-state index in [-0.39, 0.29) is 29.6 Å². The molecule has 1 aliphatic carbocycles. The van der Waals surface area contributed by atoms with Gasteiger partial charge in [-0.3, -0.25) is 9.59 Å². The molecule has 17 heavy (non-hydrogen) atoms. The van der Waals surface area contributed by atoms with E-state index in [2.05, 4.69) is 9.97 Å². The lowest BCUT2D eigenvalue weighted by Gasteiger charge is -2.10. The molecule has 2 rings (SSSR count). The Morgan fingerprint density at radius 3 is 2.65 bits per heavy atom. The maximum atomic E-state index is 11.8. The summed E-state index contributed by atoms with van der Waals surface area (Å²) >= 11 is 0. The summed E-state index contributed by atoms with van der Waals surface area (Å²) in [7, 11) is 0. The average Bonchev–Trinajstić information content (AvgIpc) is 2.68. The fourth-order valence-corrected chi connectivity index (χ4v) is 2.35. The number of nitrogens with zero attached hydrogens (tertiary/aromatic N) is 1. The predicted octanol–water partition coefficient (Wildman–Crippen LogP) is 0.161. The van der Waals surface area contributed by atoms with Crippen LogP contribution in [0.2, 0.25) is 0 Å². The molecule has 1 amide bonds. The van der Waals surface area contributed by atoms with Crippen LogP contribution in [-0.4, -0.2) is 21.0 Å². The SMILES string of the molecule is NC(=O)Cc1nc(O)c(C2CCCC2)c(=O)[nH]1. The van der Waals surface area contributed by atoms with Crippen molar-refractivity contribution in [1.29, 1.82) is 0 Å². The number of hydrogen-bond donors (Lipinski definition) is 3. The van der Waals surface area contributed by atoms with Crippen molar-refractivity contribution in [1.82, 2.24) is 9.97 Å². The first kappa shape index (κ1) is 11.6. The number of nitrogens with one attached hydrogen (secondary N) is 1. The van der Waals surface area contributed by atoms with E-state index in [1.54, 1.807) is 0 Å². The molecule has 0 saturated heterocycles. The molecule has 1 aromatic rings. The Balaban J connectivity index is 2.35. The number of carbonyl (C=O) groups excluding carboxylic acids is 1. The minimum atomic E-state index is -0.596. The van der Waals surface area contributed by atoms with Crippen LogP contribution >= 0.6 is 0 Å². The Morgan fingerprint density at radius 1 is 1.47 bits per heavy atom. The van der Waals surface area contributed by atoms with Gasteiger partial charge < -0.3 is 15.8 Å². The van der Waals surface area contributed by atoms with Crippen molar-refractivity contribution in [2.24, 2.45) is 5.73 Å². The normalized spacial score (nSPS) is 16.2. The van der Waals surface area contributed by atoms with Crippen LogP contribution in [0.15, 0.2) is 4.79 Å². The third-order valence-corrected chi connectivity index (χ3v) is 3.09. The maximum absolute atomic E-state index is 11.8. The van der Waals surface area contributed by atoms with Crippen molar-refractivity contribution in [2.45, 2.75) is 38.0 Å². The summed E-state index contributed by atoms with van der Waals surface area (Å²) in [4.78, 5) is 28.8. The van der Waals surface area contributed by atoms with Gasteiger partial charge in [-0.05, 0) is 18.8 Å². The van der Waals surface area contributed by atoms with Crippen LogP contribution in [0.25, 0.3) is 0 Å². The van der Waals surface area contributed by atoms with Gasteiger partial charge >= 0.3 is 0 Å². The molecule has 1 aliphatic rings. The average molecular weight is 237 g/mol. The Labute approximate surface area is 97.9 Å². The third kappa shape index (κ3) is 2.46. The van der Waals surface area contributed by atoms with Gasteiger partial charge in [0.15, 0.2) is 0 Å². The van der Waals surface area contributed by atoms with E-state index in [0.717, 1.165) is 25.7 Å². The summed E-state index contributed by atoms with van der Waals surface area (Å²) in [5.41, 5.74) is 4.98. The molecule has 6 heteroatoms. The van der Waals surface area contributed by atoms with Gasteiger partial charge in [-0.15, -0.1) is 0 Å². The van der Waals surface area contributed by atoms with Gasteiger partial charge in [-0.1, -0.05) is 12.8 Å². The van der Waals surface area contributed by atoms with Gasteiger partial charge in [0.1, 0.15) is 5.82 Å². The van der Waals surface area contributed by atoms with E-state index in [1.807, 2.05) is 0 Å². The van der Waals surface area contributed by atoms with Crippen molar-refractivity contribution in [2.75, 3.05) is 0 Å². The third-order valence-electron chi connectivity index (χ3n) is 3.09. The summed E-state index contributed by atoms with van der Waals surface area (Å²) in [6.45, 7) is 0. The zero-order chi connectivity index (χ0) is 12.4. The van der Waals surface area contributed by atoms with Crippen LogP contribution < -0.4 is 11.3 Å². The number of aromatic nitrogens is 2. The molecular weight excluding hydrogens is 222 g/mol. The minimum Gasteiger partial charge on any atom is -0.493 e. The lowest BCUT2D eigenvalue weighted by atomic mass is 10.00. The zero-order valence-corrected chi connectivity index (χ0v) is 9.40. The number of aromatic hydroxyl groups is 1. The van der Waals surface area contributed by atoms with Gasteiger partial charge in [0.2, 0.25) is 11.8 Å². The second-order valence-electron chi connectivity index (χ2n) is 4.37. The highest BCUT2D eigenvalue weighted by molar-refractivity contribution is 5.75. The quantitative estimate of drug-likeness (QED) is 0.695. The maximum Gasteiger partial charge on any atom is 0.258 e. The summed E-state index contributed by atoms with van der Waals surface area (Å²) in [6, 6.07) is 0. The number of H-pyrrole nitrogens is 1. The standard InChI is InChI=1S/C11H15N3O3/c12-7(15)5-8-13-10(16)9(11(17)14-8)6-3-1-2-4-6/h6H,1-5H2,(H2,12,15)(H2,13,14,16,17). The Kier molecular flexibility index (Phi) is 3.12. The second kappa shape index (κ2) is 4.57. The van der Waals surface area contributed by atoms with E-state index in [4.69, 9.17) is 5.73 Å². The highest BCUT2D eigenvalue weighted by Gasteiger charge is 2.24. The van der Waals surface area contributed by atoms with E-state index in [0.29, 0.717) is 5.56 Å². The molecule has 92 valence electrons. The summed E-state index contributed by atoms with van der Waals surface area (Å²) in [5.74, 6) is -0.673. The number of hydrogen-bond acceptors (Lipinski definition) is 4. The zero-order valence-electron chi connectivity index (χ0n) is 9.40. The molecule has 4 N–H and O–H groups in total. The number of nitrogens with two attached hydrogens (primary N) is 1. The van der Waals surface area contributed by atoms with Crippen LogP contribution in [0, 0.1) is 0 Å². The molecule has 0 spiro atoms. The number of amides is 1. The summed E-state index contributed by atoms with van der Waals surface area (Å²) in [6.07, 6.45) is 3.74. The lowest BCUT2D eigenvalue weighted by molar-refractivity contribution is -0.117. The fourth-order valence-electron chi connectivity index (χ4n) is 2.35. The van der Waals surface area contributed by atoms with Gasteiger partial charge in [-0.2, -0.15) is 4.98 Å². The van der Waals surface area contributed by atoms with Gasteiger partial charge in [0.25, 0.3) is 5.56 Å². The van der Waals surface area contributed by atoms with Gasteiger partial charge in [0.05, 0.1) is 12.0 Å². The van der Waals surface area contributed by atoms with Crippen LogP contribution in [0.4, 0.5) is 0 Å². The molecule has 1 heterocycles. The van der Waals surface area contributed by atoms with Crippen LogP contribution in [0.5, 0.6) is 5.88 Å². The fraction of sp³-hybridized carbons (Fsp3) is 0.545. The van der Waals surface area contributed by atoms with Crippen molar-refractivity contribution in [3.8, 4) is 5.88 Å². The van der Waals surface area contributed by atoms with Crippen molar-refractivity contribution < 1.29 is 9.90 Å². The first-order valence-electron chi connectivity index (χ1n) is 5.68. The smallest absolute Gasteiger partial charge is 0.258 e. The first-order chi connectivity index (χ1) is 8.08. The second-order valence-corrected chi connectivity index (χ2v) is 4.37. The molecule has 1 aromatic heterocycles. The molecule has 1 saturated carbocycles. The van der Waals surface area contributed by atoms with E-state index < -0.39 is 5.91 Å². The molecular formula is C11H15N3O3. The molecule has 0 bridgehead atoms. The van der Waals surface area contributed by atoms with Crippen molar-refractivity contribution in [3.05, 3.63) is 21.7 Å². The van der Waals surface area contributed by atoms with Crippen molar-refractivity contribution in [3.63, 3.8) is 0 Å². The minimum absolute atomic E-state index is 0.0777. The van der Waals surface area contributed by atoms with Crippen LogP contribution in [0.1, 0.15) is 43.0 Å². The molecule has 0 unspecified atom stereocenters. The number of carbonyl (C=O) groups is 1. The van der Waals surface area contributed by atoms with E-state index >= 15 is 0 Å². The largest absolute Gasteiger partial charge is 0.493 e. The Bertz CT molecular complexity index is 489. The Morgan fingerprint density at radius 2 is 2.12 bits per heavy atom. The molecule has 1 fully saturated rings. The summed E-state index contributed by atoms with van der Waals surface area (Å²) < 4.78 is 0. The number of primary amides is 1. The monoisotopic (exact) mass is 237 g/mol. The van der Waals surface area contributed by atoms with E-state index in [1.165, 1.54) is 0 Å². The van der Waals surface area contributed by atoms with Crippen LogP contribution in [-0.2, 0) is 11.2 Å². The molecule has 0 radical (unpaired) electrons. The summed E-state index contributed by atoms with van der Waals surface area (Å²) in [5, 5.41) is 9.76. The van der Waals surface area contributed by atoms with Gasteiger partial charge in [0, 0.05) is 0 Å². The highest BCUT2D eigenvalue weighted by atomic mass is 16.3. The lowest BCUT2D eigenvalue weighted by Crippen LogP contribution is -2.22. The molecule has 0 aliphatic heterocycles. The topological polar surface area (TPSA) is 109 Å². The van der Waals surface area contributed by atoms with Crippen molar-refractivity contribution >= 4 is 5.91 Å².